The highest BCUT2D eigenvalue weighted by molar-refractivity contribution is 5.75. The summed E-state index contributed by atoms with van der Waals surface area (Å²) in [7, 11) is 0. The highest BCUT2D eigenvalue weighted by Gasteiger charge is 2.60. The minimum Gasteiger partial charge on any atom is -0.481 e. The van der Waals surface area contributed by atoms with Gasteiger partial charge in [-0.05, 0) is 77.0 Å². The van der Waals surface area contributed by atoms with Gasteiger partial charge in [0.2, 0.25) is 0 Å². The van der Waals surface area contributed by atoms with Crippen molar-refractivity contribution in [1.29, 1.82) is 0 Å². The van der Waals surface area contributed by atoms with Crippen molar-refractivity contribution in [2.45, 2.75) is 77.0 Å². The summed E-state index contributed by atoms with van der Waals surface area (Å²) in [4.78, 5) is 38.2. The van der Waals surface area contributed by atoms with Crippen LogP contribution < -0.4 is 5.32 Å². The zero-order chi connectivity index (χ0) is 21.0. The van der Waals surface area contributed by atoms with Gasteiger partial charge in [-0.25, -0.2) is 9.59 Å². The van der Waals surface area contributed by atoms with Gasteiger partial charge in [0, 0.05) is 13.1 Å². The van der Waals surface area contributed by atoms with Gasteiger partial charge in [0.1, 0.15) is 11.7 Å². The molecule has 5 unspecified atom stereocenters. The second kappa shape index (κ2) is 7.06. The number of amides is 2. The summed E-state index contributed by atoms with van der Waals surface area (Å²) in [6.45, 7) is 6.37. The summed E-state index contributed by atoms with van der Waals surface area (Å²) in [5.41, 5.74) is -1.16. The molecule has 4 saturated carbocycles. The number of carbonyl (C=O) groups is 3. The first-order chi connectivity index (χ1) is 13.5. The van der Waals surface area contributed by atoms with Crippen LogP contribution in [0.4, 0.5) is 9.59 Å². The molecule has 2 amide bonds. The van der Waals surface area contributed by atoms with Crippen LogP contribution in [0.5, 0.6) is 0 Å². The number of carbonyl (C=O) groups excluding carboxylic acids is 2. The Morgan fingerprint density at radius 3 is 2.34 bits per heavy atom. The van der Waals surface area contributed by atoms with Crippen LogP contribution in [0.1, 0.15) is 59.3 Å². The minimum atomic E-state index is -0.683. The predicted octanol–water partition coefficient (Wildman–Crippen LogP) is 3.00. The van der Waals surface area contributed by atoms with E-state index in [4.69, 9.17) is 9.47 Å². The molecule has 0 aromatic carbocycles. The Morgan fingerprint density at radius 2 is 1.76 bits per heavy atom. The standard InChI is InChI=1S/C21H32N2O6/c1-20(2,3)29-18(26)22-15-4-5-23(11-15)19(27)28-16-13-6-12-7-14(16)10-21(8-12,9-13)17(24)25/h12-16H,4-11H2,1-3H3,(H,22,26)(H,24,25)/t12?,13-,14?,15?,16?,21?/m1/s1. The van der Waals surface area contributed by atoms with Gasteiger partial charge in [-0.3, -0.25) is 4.79 Å². The van der Waals surface area contributed by atoms with E-state index in [-0.39, 0.29) is 30.1 Å². The van der Waals surface area contributed by atoms with E-state index in [1.807, 2.05) is 20.8 Å². The first-order valence-corrected chi connectivity index (χ1v) is 10.7. The predicted molar refractivity (Wildman–Crippen MR) is 103 cm³/mol. The number of rotatable bonds is 3. The fourth-order valence-corrected chi connectivity index (χ4v) is 6.14. The van der Waals surface area contributed by atoms with Crippen LogP contribution in [-0.4, -0.2) is 59.0 Å². The molecule has 4 bridgehead atoms. The molecule has 0 aromatic heterocycles. The van der Waals surface area contributed by atoms with Crippen molar-refractivity contribution >= 4 is 18.2 Å². The van der Waals surface area contributed by atoms with Gasteiger partial charge in [-0.1, -0.05) is 0 Å². The Morgan fingerprint density at radius 1 is 1.10 bits per heavy atom. The van der Waals surface area contributed by atoms with Crippen LogP contribution >= 0.6 is 0 Å². The normalized spacial score (nSPS) is 38.0. The molecule has 8 heteroatoms. The maximum absolute atomic E-state index is 12.8. The zero-order valence-corrected chi connectivity index (χ0v) is 17.5. The molecule has 1 saturated heterocycles. The highest BCUT2D eigenvalue weighted by atomic mass is 16.6. The van der Waals surface area contributed by atoms with Crippen molar-refractivity contribution < 1.29 is 29.0 Å². The topological polar surface area (TPSA) is 105 Å². The molecule has 6 atom stereocenters. The molecule has 4 aliphatic carbocycles. The third kappa shape index (κ3) is 4.03. The lowest BCUT2D eigenvalue weighted by molar-refractivity contribution is -0.179. The summed E-state index contributed by atoms with van der Waals surface area (Å²) < 4.78 is 11.2. The Labute approximate surface area is 171 Å². The van der Waals surface area contributed by atoms with Crippen molar-refractivity contribution in [3.8, 4) is 0 Å². The third-order valence-electron chi connectivity index (χ3n) is 7.04. The molecular formula is C21H32N2O6. The van der Waals surface area contributed by atoms with Crippen LogP contribution in [0.25, 0.3) is 0 Å². The number of alkyl carbamates (subject to hydrolysis) is 1. The molecular weight excluding hydrogens is 376 g/mol. The fraction of sp³-hybridized carbons (Fsp3) is 0.857. The molecule has 0 spiro atoms. The average Bonchev–Trinajstić information content (AvgIpc) is 3.04. The number of nitrogens with zero attached hydrogens (tertiary/aromatic N) is 1. The van der Waals surface area contributed by atoms with Crippen molar-refractivity contribution in [1.82, 2.24) is 10.2 Å². The lowest BCUT2D eigenvalue weighted by Crippen LogP contribution is -2.57. The monoisotopic (exact) mass is 408 g/mol. The van der Waals surface area contributed by atoms with Gasteiger partial charge >= 0.3 is 18.2 Å². The van der Waals surface area contributed by atoms with Gasteiger partial charge in [0.25, 0.3) is 0 Å². The maximum atomic E-state index is 12.8. The van der Waals surface area contributed by atoms with Gasteiger partial charge in [0.05, 0.1) is 11.5 Å². The number of carboxylic acids is 1. The van der Waals surface area contributed by atoms with Crippen LogP contribution in [0.2, 0.25) is 0 Å². The summed E-state index contributed by atoms with van der Waals surface area (Å²) in [5, 5.41) is 12.5. The summed E-state index contributed by atoms with van der Waals surface area (Å²) in [6, 6.07) is -0.147. The average molecular weight is 408 g/mol. The third-order valence-corrected chi connectivity index (χ3v) is 7.04. The number of carboxylic acid groups (broad SMARTS) is 1. The number of hydrogen-bond acceptors (Lipinski definition) is 5. The molecule has 1 heterocycles. The molecule has 162 valence electrons. The summed E-state index contributed by atoms with van der Waals surface area (Å²) in [6.07, 6.45) is 3.61. The molecule has 29 heavy (non-hydrogen) atoms. The van der Waals surface area contributed by atoms with Gasteiger partial charge in [0.15, 0.2) is 0 Å². The Balaban J connectivity index is 1.31. The Bertz CT molecular complexity index is 686. The molecule has 5 aliphatic rings. The quantitative estimate of drug-likeness (QED) is 0.744. The number of ether oxygens (including phenoxy) is 2. The molecule has 5 fully saturated rings. The van der Waals surface area contributed by atoms with E-state index in [1.165, 1.54) is 0 Å². The molecule has 0 aromatic rings. The lowest BCUT2D eigenvalue weighted by Gasteiger charge is -2.57. The van der Waals surface area contributed by atoms with Crippen LogP contribution in [0.3, 0.4) is 0 Å². The first kappa shape index (κ1) is 20.3. The highest BCUT2D eigenvalue weighted by Crippen LogP contribution is 2.60. The summed E-state index contributed by atoms with van der Waals surface area (Å²) >= 11 is 0. The van der Waals surface area contributed by atoms with E-state index in [0.717, 1.165) is 19.3 Å². The van der Waals surface area contributed by atoms with Crippen molar-refractivity contribution in [3.05, 3.63) is 0 Å². The Kier molecular flexibility index (Phi) is 4.94. The Hall–Kier alpha value is -1.99. The zero-order valence-electron chi connectivity index (χ0n) is 17.5. The van der Waals surface area contributed by atoms with Gasteiger partial charge in [-0.2, -0.15) is 0 Å². The second-order valence-corrected chi connectivity index (χ2v) is 10.5. The van der Waals surface area contributed by atoms with Crippen molar-refractivity contribution in [2.24, 2.45) is 23.2 Å². The number of aliphatic carboxylic acids is 1. The number of hydrogen-bond donors (Lipinski definition) is 2. The molecule has 1 aliphatic heterocycles. The molecule has 5 rings (SSSR count). The van der Waals surface area contributed by atoms with Crippen LogP contribution in [-0.2, 0) is 14.3 Å². The van der Waals surface area contributed by atoms with E-state index >= 15 is 0 Å². The SMILES string of the molecule is CC(C)(C)OC(=O)NC1CCN(C(=O)OC2C3CC4C[C@@H]2CC(C(=O)O)(C4)C3)C1. The van der Waals surface area contributed by atoms with Crippen LogP contribution in [0.15, 0.2) is 0 Å². The fourth-order valence-electron chi connectivity index (χ4n) is 6.14. The van der Waals surface area contributed by atoms with E-state index in [2.05, 4.69) is 5.32 Å². The van der Waals surface area contributed by atoms with E-state index in [0.29, 0.717) is 38.3 Å². The molecule has 8 nitrogen and oxygen atoms in total. The van der Waals surface area contributed by atoms with Gasteiger partial charge in [-0.15, -0.1) is 0 Å². The van der Waals surface area contributed by atoms with E-state index in [9.17, 15) is 19.5 Å². The number of nitrogens with one attached hydrogen (secondary N) is 1. The smallest absolute Gasteiger partial charge is 0.410 e. The van der Waals surface area contributed by atoms with Crippen molar-refractivity contribution in [3.63, 3.8) is 0 Å². The molecule has 2 N–H and O–H groups in total. The lowest BCUT2D eigenvalue weighted by atomic mass is 9.48. The maximum Gasteiger partial charge on any atom is 0.410 e. The van der Waals surface area contributed by atoms with Crippen molar-refractivity contribution in [2.75, 3.05) is 13.1 Å². The first-order valence-electron chi connectivity index (χ1n) is 10.7. The largest absolute Gasteiger partial charge is 0.481 e. The van der Waals surface area contributed by atoms with E-state index < -0.39 is 23.1 Å². The minimum absolute atomic E-state index is 0.147. The van der Waals surface area contributed by atoms with Crippen LogP contribution in [0, 0.1) is 23.2 Å². The van der Waals surface area contributed by atoms with Gasteiger partial charge < -0.3 is 24.8 Å². The summed E-state index contributed by atoms with van der Waals surface area (Å²) in [5.74, 6) is 0.0733. The second-order valence-electron chi connectivity index (χ2n) is 10.5. The molecule has 0 radical (unpaired) electrons. The number of likely N-dealkylation sites (tertiary alicyclic amines) is 1. The van der Waals surface area contributed by atoms with E-state index in [1.54, 1.807) is 4.90 Å².